The maximum atomic E-state index is 12.3. The molecule has 0 unspecified atom stereocenters. The Morgan fingerprint density at radius 2 is 2.17 bits per heavy atom. The van der Waals surface area contributed by atoms with Crippen molar-refractivity contribution < 1.29 is 9.90 Å². The Hall–Kier alpha value is -2.21. The summed E-state index contributed by atoms with van der Waals surface area (Å²) in [7, 11) is 0. The molecule has 3 rings (SSSR count). The highest BCUT2D eigenvalue weighted by molar-refractivity contribution is 5.92. The number of aromatic nitrogens is 3. The number of aliphatic hydroxyl groups excluding tert-OH is 1. The number of amides is 1. The van der Waals surface area contributed by atoms with E-state index in [-0.39, 0.29) is 17.9 Å². The Bertz CT molecular complexity index is 683. The zero-order valence-electron chi connectivity index (χ0n) is 13.3. The molecular weight excluding hydrogens is 292 g/mol. The predicted octanol–water partition coefficient (Wildman–Crippen LogP) is 1.86. The molecule has 1 saturated carbocycles. The molecule has 23 heavy (non-hydrogen) atoms. The van der Waals surface area contributed by atoms with E-state index in [0.717, 1.165) is 37.2 Å². The molecule has 122 valence electrons. The summed E-state index contributed by atoms with van der Waals surface area (Å²) in [5.74, 6) is 0.794. The first kappa shape index (κ1) is 15.7. The van der Waals surface area contributed by atoms with Gasteiger partial charge in [-0.1, -0.05) is 12.8 Å². The predicted molar refractivity (Wildman–Crippen MR) is 86.4 cm³/mol. The van der Waals surface area contributed by atoms with Crippen LogP contribution in [0, 0.1) is 12.8 Å². The van der Waals surface area contributed by atoms with E-state index in [1.54, 1.807) is 18.5 Å². The summed E-state index contributed by atoms with van der Waals surface area (Å²) in [6.45, 7) is 2.40. The minimum absolute atomic E-state index is 0.145. The van der Waals surface area contributed by atoms with Crippen LogP contribution in [0.1, 0.15) is 42.0 Å². The fraction of sp³-hybridized carbons (Fsp3) is 0.471. The van der Waals surface area contributed by atoms with Crippen LogP contribution in [0.25, 0.3) is 5.69 Å². The van der Waals surface area contributed by atoms with Crippen molar-refractivity contribution in [2.75, 3.05) is 6.54 Å². The van der Waals surface area contributed by atoms with Gasteiger partial charge in [0.1, 0.15) is 11.5 Å². The van der Waals surface area contributed by atoms with Crippen LogP contribution in [0.5, 0.6) is 0 Å². The zero-order valence-corrected chi connectivity index (χ0v) is 13.3. The van der Waals surface area contributed by atoms with Crippen LogP contribution in [-0.2, 0) is 0 Å². The fourth-order valence-corrected chi connectivity index (χ4v) is 3.08. The van der Waals surface area contributed by atoms with Crippen molar-refractivity contribution in [1.29, 1.82) is 0 Å². The molecule has 0 aromatic carbocycles. The third kappa shape index (κ3) is 3.59. The molecular formula is C17H22N4O2. The Morgan fingerprint density at radius 1 is 1.35 bits per heavy atom. The van der Waals surface area contributed by atoms with Gasteiger partial charge in [-0.2, -0.15) is 0 Å². The lowest BCUT2D eigenvalue weighted by atomic mass is 9.86. The van der Waals surface area contributed by atoms with Crippen LogP contribution in [0.3, 0.4) is 0 Å². The SMILES string of the molecule is Cc1nccn1-c1ccnc(C(=O)NC[C@H]2CCCC[C@@H]2O)c1. The average molecular weight is 314 g/mol. The van der Waals surface area contributed by atoms with E-state index in [1.807, 2.05) is 23.8 Å². The Morgan fingerprint density at radius 3 is 2.91 bits per heavy atom. The van der Waals surface area contributed by atoms with Crippen molar-refractivity contribution in [2.24, 2.45) is 5.92 Å². The maximum absolute atomic E-state index is 12.3. The molecule has 2 aromatic heterocycles. The molecule has 1 aliphatic rings. The molecule has 0 saturated heterocycles. The number of aryl methyl sites for hydroxylation is 1. The standard InChI is InChI=1S/C17H22N4O2/c1-12-18-8-9-21(12)14-6-7-19-15(10-14)17(23)20-11-13-4-2-3-5-16(13)22/h6-10,13,16,22H,2-5,11H2,1H3,(H,20,23)/t13-,16+/m1/s1. The molecule has 1 amide bonds. The van der Waals surface area contributed by atoms with E-state index in [4.69, 9.17) is 0 Å². The highest BCUT2D eigenvalue weighted by Crippen LogP contribution is 2.23. The first-order chi connectivity index (χ1) is 11.1. The quantitative estimate of drug-likeness (QED) is 0.902. The van der Waals surface area contributed by atoms with Crippen molar-refractivity contribution in [3.8, 4) is 5.69 Å². The lowest BCUT2D eigenvalue weighted by molar-refractivity contribution is 0.0661. The van der Waals surface area contributed by atoms with Gasteiger partial charge in [-0.25, -0.2) is 4.98 Å². The van der Waals surface area contributed by atoms with Crippen molar-refractivity contribution in [3.05, 3.63) is 42.2 Å². The van der Waals surface area contributed by atoms with E-state index < -0.39 is 0 Å². The van der Waals surface area contributed by atoms with Crippen LogP contribution in [-0.4, -0.2) is 38.2 Å². The molecule has 2 aromatic rings. The second-order valence-electron chi connectivity index (χ2n) is 6.07. The molecule has 2 N–H and O–H groups in total. The van der Waals surface area contributed by atoms with Gasteiger partial charge in [0.05, 0.1) is 11.8 Å². The number of hydrogen-bond donors (Lipinski definition) is 2. The number of imidazole rings is 1. The topological polar surface area (TPSA) is 80.0 Å². The number of pyridine rings is 1. The summed E-state index contributed by atoms with van der Waals surface area (Å²) < 4.78 is 1.91. The minimum Gasteiger partial charge on any atom is -0.393 e. The molecule has 1 fully saturated rings. The molecule has 0 radical (unpaired) electrons. The average Bonchev–Trinajstić information content (AvgIpc) is 3.00. The molecule has 6 heteroatoms. The molecule has 1 aliphatic carbocycles. The van der Waals surface area contributed by atoms with E-state index in [0.29, 0.717) is 12.2 Å². The number of nitrogens with one attached hydrogen (secondary N) is 1. The smallest absolute Gasteiger partial charge is 0.269 e. The summed E-state index contributed by atoms with van der Waals surface area (Å²) in [6.07, 6.45) is 8.86. The molecule has 2 heterocycles. The Labute approximate surface area is 135 Å². The summed E-state index contributed by atoms with van der Waals surface area (Å²) in [4.78, 5) is 20.7. The van der Waals surface area contributed by atoms with Gasteiger partial charge in [-0.3, -0.25) is 9.78 Å². The highest BCUT2D eigenvalue weighted by atomic mass is 16.3. The van der Waals surface area contributed by atoms with Crippen molar-refractivity contribution in [1.82, 2.24) is 19.9 Å². The van der Waals surface area contributed by atoms with Crippen LogP contribution in [0.15, 0.2) is 30.7 Å². The molecule has 2 atom stereocenters. The maximum Gasteiger partial charge on any atom is 0.269 e. The lowest BCUT2D eigenvalue weighted by Gasteiger charge is -2.27. The molecule has 6 nitrogen and oxygen atoms in total. The van der Waals surface area contributed by atoms with Crippen molar-refractivity contribution >= 4 is 5.91 Å². The van der Waals surface area contributed by atoms with Gasteiger partial charge in [0.25, 0.3) is 5.91 Å². The fourth-order valence-electron chi connectivity index (χ4n) is 3.08. The van der Waals surface area contributed by atoms with Gasteiger partial charge < -0.3 is 15.0 Å². The van der Waals surface area contributed by atoms with E-state index >= 15 is 0 Å². The number of hydrogen-bond acceptors (Lipinski definition) is 4. The Balaban J connectivity index is 1.67. The van der Waals surface area contributed by atoms with Crippen LogP contribution in [0.2, 0.25) is 0 Å². The highest BCUT2D eigenvalue weighted by Gasteiger charge is 2.23. The number of carbonyl (C=O) groups is 1. The van der Waals surface area contributed by atoms with E-state index in [9.17, 15) is 9.90 Å². The third-order valence-electron chi connectivity index (χ3n) is 4.47. The van der Waals surface area contributed by atoms with Crippen LogP contribution < -0.4 is 5.32 Å². The molecule has 0 aliphatic heterocycles. The van der Waals surface area contributed by atoms with Crippen molar-refractivity contribution in [2.45, 2.75) is 38.7 Å². The zero-order chi connectivity index (χ0) is 16.2. The van der Waals surface area contributed by atoms with Gasteiger partial charge in [0.2, 0.25) is 0 Å². The third-order valence-corrected chi connectivity index (χ3v) is 4.47. The monoisotopic (exact) mass is 314 g/mol. The summed E-state index contributed by atoms with van der Waals surface area (Å²) in [6, 6.07) is 3.59. The first-order valence-corrected chi connectivity index (χ1v) is 8.08. The number of rotatable bonds is 4. The van der Waals surface area contributed by atoms with E-state index in [2.05, 4.69) is 15.3 Å². The molecule has 0 spiro atoms. The largest absolute Gasteiger partial charge is 0.393 e. The summed E-state index contributed by atoms with van der Waals surface area (Å²) >= 11 is 0. The normalized spacial score (nSPS) is 21.1. The van der Waals surface area contributed by atoms with E-state index in [1.165, 1.54) is 0 Å². The number of nitrogens with zero attached hydrogens (tertiary/aromatic N) is 3. The number of aliphatic hydroxyl groups is 1. The van der Waals surface area contributed by atoms with Crippen LogP contribution in [0.4, 0.5) is 0 Å². The lowest BCUT2D eigenvalue weighted by Crippen LogP contribution is -2.37. The minimum atomic E-state index is -0.308. The molecule has 0 bridgehead atoms. The second kappa shape index (κ2) is 6.91. The summed E-state index contributed by atoms with van der Waals surface area (Å²) in [5, 5.41) is 12.9. The second-order valence-corrected chi connectivity index (χ2v) is 6.07. The number of carbonyl (C=O) groups excluding carboxylic acids is 1. The van der Waals surface area contributed by atoms with Gasteiger partial charge in [0.15, 0.2) is 0 Å². The van der Waals surface area contributed by atoms with Crippen molar-refractivity contribution in [3.63, 3.8) is 0 Å². The summed E-state index contributed by atoms with van der Waals surface area (Å²) in [5.41, 5.74) is 1.23. The van der Waals surface area contributed by atoms with Crippen LogP contribution >= 0.6 is 0 Å². The Kier molecular flexibility index (Phi) is 4.71. The van der Waals surface area contributed by atoms with Gasteiger partial charge in [-0.05, 0) is 31.9 Å². The van der Waals surface area contributed by atoms with Gasteiger partial charge >= 0.3 is 0 Å². The van der Waals surface area contributed by atoms with Gasteiger partial charge in [0, 0.05) is 31.1 Å². The first-order valence-electron chi connectivity index (χ1n) is 8.08. The van der Waals surface area contributed by atoms with Gasteiger partial charge in [-0.15, -0.1) is 0 Å².